The van der Waals surface area contributed by atoms with E-state index in [1.807, 2.05) is 6.92 Å². The predicted octanol–water partition coefficient (Wildman–Crippen LogP) is 1.15. The fraction of sp³-hybridized carbons (Fsp3) is 0.611. The average Bonchev–Trinajstić information content (AvgIpc) is 2.59. The summed E-state index contributed by atoms with van der Waals surface area (Å²) in [6, 6.07) is 4.73. The van der Waals surface area contributed by atoms with Gasteiger partial charge < -0.3 is 19.7 Å². The SMILES string of the molecule is CO[C@H]1CN(C)C(=O)c2ccc(NS(C)(=O)=O)cc2OC[C@H](C)NC[C@H]1C. The zero-order valence-electron chi connectivity index (χ0n) is 16.5. The van der Waals surface area contributed by atoms with Gasteiger partial charge in [-0.05, 0) is 25.0 Å². The number of ether oxygens (including phenoxy) is 2. The van der Waals surface area contributed by atoms with Crippen LogP contribution in [0.3, 0.4) is 0 Å². The lowest BCUT2D eigenvalue weighted by atomic mass is 10.0. The number of carbonyl (C=O) groups excluding carboxylic acids is 1. The number of amides is 1. The summed E-state index contributed by atoms with van der Waals surface area (Å²) < 4.78 is 36.8. The molecule has 2 N–H and O–H groups in total. The Hall–Kier alpha value is -1.84. The Labute approximate surface area is 161 Å². The molecule has 0 saturated carbocycles. The highest BCUT2D eigenvalue weighted by Gasteiger charge is 2.25. The first-order valence-corrected chi connectivity index (χ1v) is 10.8. The summed E-state index contributed by atoms with van der Waals surface area (Å²) in [5.74, 6) is 0.357. The van der Waals surface area contributed by atoms with Gasteiger partial charge in [0.05, 0.1) is 23.6 Å². The van der Waals surface area contributed by atoms with Crippen molar-refractivity contribution in [2.75, 3.05) is 44.8 Å². The van der Waals surface area contributed by atoms with Gasteiger partial charge in [-0.25, -0.2) is 8.42 Å². The van der Waals surface area contributed by atoms with Crippen LogP contribution in [0, 0.1) is 5.92 Å². The van der Waals surface area contributed by atoms with Crippen molar-refractivity contribution < 1.29 is 22.7 Å². The molecular weight excluding hydrogens is 370 g/mol. The number of rotatable bonds is 3. The number of nitrogens with zero attached hydrogens (tertiary/aromatic N) is 1. The van der Waals surface area contributed by atoms with Gasteiger partial charge in [0.2, 0.25) is 10.0 Å². The molecule has 0 radical (unpaired) electrons. The van der Waals surface area contributed by atoms with E-state index in [2.05, 4.69) is 17.0 Å². The molecule has 8 nitrogen and oxygen atoms in total. The van der Waals surface area contributed by atoms with E-state index < -0.39 is 10.0 Å². The first-order chi connectivity index (χ1) is 12.6. The summed E-state index contributed by atoms with van der Waals surface area (Å²) in [6.45, 7) is 5.59. The van der Waals surface area contributed by atoms with Crippen LogP contribution in [0.5, 0.6) is 5.75 Å². The van der Waals surface area contributed by atoms with Crippen molar-refractivity contribution in [1.82, 2.24) is 10.2 Å². The van der Waals surface area contributed by atoms with E-state index in [0.717, 1.165) is 12.8 Å². The number of hydrogen-bond acceptors (Lipinski definition) is 6. The molecule has 1 aromatic carbocycles. The molecule has 0 aliphatic carbocycles. The third-order valence-corrected chi connectivity index (χ3v) is 5.14. The lowest BCUT2D eigenvalue weighted by Crippen LogP contribution is -2.44. The van der Waals surface area contributed by atoms with Crippen LogP contribution in [0.4, 0.5) is 5.69 Å². The van der Waals surface area contributed by atoms with Crippen LogP contribution in [0.25, 0.3) is 0 Å². The van der Waals surface area contributed by atoms with Gasteiger partial charge in [0, 0.05) is 39.4 Å². The minimum Gasteiger partial charge on any atom is -0.491 e. The van der Waals surface area contributed by atoms with Crippen molar-refractivity contribution in [2.24, 2.45) is 5.92 Å². The van der Waals surface area contributed by atoms with Gasteiger partial charge >= 0.3 is 0 Å². The van der Waals surface area contributed by atoms with Gasteiger partial charge in [-0.15, -0.1) is 0 Å². The number of carbonyl (C=O) groups is 1. The smallest absolute Gasteiger partial charge is 0.257 e. The maximum absolute atomic E-state index is 12.9. The maximum atomic E-state index is 12.9. The standard InChI is InChI=1S/C18H29N3O5S/c1-12-9-19-13(2)11-26-16-8-14(20-27(5,23)24)6-7-15(16)18(22)21(3)10-17(12)25-4/h6-8,12-13,17,19-20H,9-11H2,1-5H3/t12-,13+,17+/m1/s1. The van der Waals surface area contributed by atoms with E-state index in [1.165, 1.54) is 6.07 Å². The number of likely N-dealkylation sites (N-methyl/N-ethyl adjacent to an activating group) is 1. The first kappa shape index (κ1) is 21.5. The van der Waals surface area contributed by atoms with Gasteiger partial charge in [0.1, 0.15) is 12.4 Å². The Morgan fingerprint density at radius 3 is 2.67 bits per heavy atom. The lowest BCUT2D eigenvalue weighted by molar-refractivity contribution is 0.0281. The maximum Gasteiger partial charge on any atom is 0.257 e. The number of hydrogen-bond donors (Lipinski definition) is 2. The van der Waals surface area contributed by atoms with E-state index in [4.69, 9.17) is 9.47 Å². The molecule has 0 spiro atoms. The van der Waals surface area contributed by atoms with E-state index in [-0.39, 0.29) is 24.0 Å². The molecule has 27 heavy (non-hydrogen) atoms. The van der Waals surface area contributed by atoms with Crippen LogP contribution in [-0.4, -0.2) is 71.5 Å². The molecule has 1 aromatic rings. The largest absolute Gasteiger partial charge is 0.491 e. The van der Waals surface area contributed by atoms with Crippen LogP contribution < -0.4 is 14.8 Å². The highest BCUT2D eigenvalue weighted by Crippen LogP contribution is 2.26. The number of fused-ring (bicyclic) bond motifs is 1. The van der Waals surface area contributed by atoms with Crippen LogP contribution in [0.1, 0.15) is 24.2 Å². The van der Waals surface area contributed by atoms with Crippen molar-refractivity contribution in [3.05, 3.63) is 23.8 Å². The molecule has 3 atom stereocenters. The number of anilines is 1. The van der Waals surface area contributed by atoms with Gasteiger partial charge in [-0.2, -0.15) is 0 Å². The second-order valence-electron chi connectivity index (χ2n) is 7.14. The number of sulfonamides is 1. The van der Waals surface area contributed by atoms with Crippen molar-refractivity contribution in [1.29, 1.82) is 0 Å². The molecule has 9 heteroatoms. The van der Waals surface area contributed by atoms with Crippen molar-refractivity contribution in [2.45, 2.75) is 26.0 Å². The van der Waals surface area contributed by atoms with E-state index in [1.54, 1.807) is 31.2 Å². The van der Waals surface area contributed by atoms with E-state index in [0.29, 0.717) is 30.2 Å². The molecule has 1 amide bonds. The van der Waals surface area contributed by atoms with Crippen molar-refractivity contribution in [3.8, 4) is 5.75 Å². The molecule has 0 fully saturated rings. The fourth-order valence-electron chi connectivity index (χ4n) is 2.93. The minimum atomic E-state index is -3.43. The number of methoxy groups -OCH3 is 1. The third kappa shape index (κ3) is 6.08. The molecule has 152 valence electrons. The van der Waals surface area contributed by atoms with Gasteiger partial charge in [-0.3, -0.25) is 9.52 Å². The van der Waals surface area contributed by atoms with Gasteiger partial charge in [0.15, 0.2) is 0 Å². The van der Waals surface area contributed by atoms with Gasteiger partial charge in [-0.1, -0.05) is 6.92 Å². The molecule has 2 rings (SSSR count). The summed E-state index contributed by atoms with van der Waals surface area (Å²) in [6.07, 6.45) is 0.971. The summed E-state index contributed by atoms with van der Waals surface area (Å²) in [7, 11) is -0.0600. The fourth-order valence-corrected chi connectivity index (χ4v) is 3.49. The molecule has 0 saturated heterocycles. The third-order valence-electron chi connectivity index (χ3n) is 4.53. The van der Waals surface area contributed by atoms with Crippen LogP contribution >= 0.6 is 0 Å². The molecule has 0 bridgehead atoms. The summed E-state index contributed by atoms with van der Waals surface area (Å²) in [5.41, 5.74) is 0.731. The predicted molar refractivity (Wildman–Crippen MR) is 105 cm³/mol. The Morgan fingerprint density at radius 1 is 1.33 bits per heavy atom. The molecule has 1 aliphatic rings. The molecular formula is C18H29N3O5S. The minimum absolute atomic E-state index is 0.0524. The quantitative estimate of drug-likeness (QED) is 0.792. The Bertz CT molecular complexity index is 768. The van der Waals surface area contributed by atoms with Crippen LogP contribution in [0.15, 0.2) is 18.2 Å². The zero-order chi connectivity index (χ0) is 20.2. The van der Waals surface area contributed by atoms with Crippen molar-refractivity contribution in [3.63, 3.8) is 0 Å². The Kier molecular flexibility index (Phi) is 7.07. The molecule has 1 heterocycles. The second kappa shape index (κ2) is 8.90. The second-order valence-corrected chi connectivity index (χ2v) is 8.89. The summed E-state index contributed by atoms with van der Waals surface area (Å²) in [5, 5.41) is 3.40. The molecule has 0 aromatic heterocycles. The number of nitrogens with one attached hydrogen (secondary N) is 2. The highest BCUT2D eigenvalue weighted by molar-refractivity contribution is 7.92. The molecule has 1 aliphatic heterocycles. The number of benzene rings is 1. The first-order valence-electron chi connectivity index (χ1n) is 8.87. The Morgan fingerprint density at radius 2 is 2.04 bits per heavy atom. The van der Waals surface area contributed by atoms with E-state index in [9.17, 15) is 13.2 Å². The van der Waals surface area contributed by atoms with Crippen molar-refractivity contribution >= 4 is 21.6 Å². The zero-order valence-corrected chi connectivity index (χ0v) is 17.3. The highest BCUT2D eigenvalue weighted by atomic mass is 32.2. The van der Waals surface area contributed by atoms with Gasteiger partial charge in [0.25, 0.3) is 5.91 Å². The summed E-state index contributed by atoms with van der Waals surface area (Å²) in [4.78, 5) is 14.5. The normalized spacial score (nSPS) is 25.0. The van der Waals surface area contributed by atoms with E-state index >= 15 is 0 Å². The molecule has 0 unspecified atom stereocenters. The average molecular weight is 400 g/mol. The van der Waals surface area contributed by atoms with Crippen LogP contribution in [0.2, 0.25) is 0 Å². The summed E-state index contributed by atoms with van der Waals surface area (Å²) >= 11 is 0. The van der Waals surface area contributed by atoms with Crippen LogP contribution in [-0.2, 0) is 14.8 Å². The lowest BCUT2D eigenvalue weighted by Gasteiger charge is -2.30. The monoisotopic (exact) mass is 399 g/mol. The Balaban J connectivity index is 2.38. The topological polar surface area (TPSA) is 97.0 Å².